The summed E-state index contributed by atoms with van der Waals surface area (Å²) >= 11 is 6.31. The second kappa shape index (κ2) is 9.13. The number of hydrogen-bond acceptors (Lipinski definition) is 6. The van der Waals surface area contributed by atoms with Gasteiger partial charge in [0.1, 0.15) is 17.6 Å². The van der Waals surface area contributed by atoms with Gasteiger partial charge >= 0.3 is 6.36 Å². The van der Waals surface area contributed by atoms with Crippen LogP contribution in [0.3, 0.4) is 0 Å². The van der Waals surface area contributed by atoms with Gasteiger partial charge < -0.3 is 19.1 Å². The van der Waals surface area contributed by atoms with E-state index in [1.54, 1.807) is 23.1 Å². The van der Waals surface area contributed by atoms with E-state index in [-0.39, 0.29) is 22.7 Å². The molecule has 7 nitrogen and oxygen atoms in total. The second-order valence-electron chi connectivity index (χ2n) is 7.51. The highest BCUT2D eigenvalue weighted by Crippen LogP contribution is 2.32. The van der Waals surface area contributed by atoms with Crippen LogP contribution in [0.2, 0.25) is 5.02 Å². The Hall–Kier alpha value is -2.56. The fraction of sp³-hybridized carbons (Fsp3) is 0.429. The minimum atomic E-state index is -4.77. The van der Waals surface area contributed by atoms with Crippen molar-refractivity contribution in [3.63, 3.8) is 0 Å². The molecule has 32 heavy (non-hydrogen) atoms. The lowest BCUT2D eigenvalue weighted by Crippen LogP contribution is -2.59. The molecule has 1 aromatic carbocycles. The Labute approximate surface area is 187 Å². The smallest absolute Gasteiger partial charge is 0.495 e. The normalized spacial score (nSPS) is 21.7. The maximum Gasteiger partial charge on any atom is 0.573 e. The van der Waals surface area contributed by atoms with E-state index < -0.39 is 12.5 Å². The van der Waals surface area contributed by atoms with Gasteiger partial charge in [0.2, 0.25) is 0 Å². The predicted octanol–water partition coefficient (Wildman–Crippen LogP) is 3.54. The standard InChI is InChI=1S/C21H21ClF3N3O4/c1-30-17-4-2-3-15(19(17)22)20(29)28-8-7-27-11-18(31-12-13(27)10-28)16-9-14(5-6-26-16)32-21(23,24)25/h2-6,9,13,18H,7-8,10-12H2,1H3/t13-,18-/m0/s1. The number of morpholine rings is 1. The number of alkyl halides is 3. The van der Waals surface area contributed by atoms with Gasteiger partial charge in [-0.15, -0.1) is 13.2 Å². The summed E-state index contributed by atoms with van der Waals surface area (Å²) in [6, 6.07) is 7.41. The minimum Gasteiger partial charge on any atom is -0.495 e. The first-order valence-corrected chi connectivity index (χ1v) is 10.3. The average Bonchev–Trinajstić information content (AvgIpc) is 2.77. The van der Waals surface area contributed by atoms with E-state index in [1.807, 2.05) is 0 Å². The van der Waals surface area contributed by atoms with Crippen molar-refractivity contribution in [3.8, 4) is 11.5 Å². The van der Waals surface area contributed by atoms with E-state index in [0.717, 1.165) is 6.07 Å². The molecule has 2 fully saturated rings. The third-order valence-electron chi connectivity index (χ3n) is 5.51. The van der Waals surface area contributed by atoms with Gasteiger partial charge in [0.15, 0.2) is 0 Å². The van der Waals surface area contributed by atoms with E-state index in [1.165, 1.54) is 19.4 Å². The van der Waals surface area contributed by atoms with Crippen molar-refractivity contribution >= 4 is 17.5 Å². The molecule has 0 aliphatic carbocycles. The molecule has 2 atom stereocenters. The molecule has 0 N–H and O–H groups in total. The molecule has 2 aliphatic rings. The van der Waals surface area contributed by atoms with Crippen LogP contribution in [0.15, 0.2) is 36.5 Å². The molecule has 172 valence electrons. The number of benzene rings is 1. The van der Waals surface area contributed by atoms with Crippen LogP contribution in [0.1, 0.15) is 22.2 Å². The zero-order valence-electron chi connectivity index (χ0n) is 17.1. The predicted molar refractivity (Wildman–Crippen MR) is 109 cm³/mol. The second-order valence-corrected chi connectivity index (χ2v) is 7.89. The van der Waals surface area contributed by atoms with Crippen molar-refractivity contribution < 1.29 is 32.2 Å². The van der Waals surface area contributed by atoms with Crippen LogP contribution >= 0.6 is 11.6 Å². The van der Waals surface area contributed by atoms with Gasteiger partial charge in [-0.25, -0.2) is 0 Å². The number of pyridine rings is 1. The minimum absolute atomic E-state index is 0.0389. The van der Waals surface area contributed by atoms with Crippen LogP contribution < -0.4 is 9.47 Å². The summed E-state index contributed by atoms with van der Waals surface area (Å²) in [4.78, 5) is 21.0. The highest BCUT2D eigenvalue weighted by molar-refractivity contribution is 6.35. The largest absolute Gasteiger partial charge is 0.573 e. The first kappa shape index (κ1) is 22.6. The molecule has 0 radical (unpaired) electrons. The molecule has 2 aliphatic heterocycles. The monoisotopic (exact) mass is 471 g/mol. The summed E-state index contributed by atoms with van der Waals surface area (Å²) in [6.45, 7) is 2.29. The zero-order valence-corrected chi connectivity index (χ0v) is 17.9. The van der Waals surface area contributed by atoms with Gasteiger partial charge in [-0.2, -0.15) is 0 Å². The Bertz CT molecular complexity index is 991. The number of carbonyl (C=O) groups excluding carboxylic acids is 1. The Morgan fingerprint density at radius 3 is 2.81 bits per heavy atom. The molecule has 0 bridgehead atoms. The lowest BCUT2D eigenvalue weighted by Gasteiger charge is -2.46. The van der Waals surface area contributed by atoms with Crippen LogP contribution in [0.25, 0.3) is 0 Å². The molecule has 3 heterocycles. The number of carbonyl (C=O) groups is 1. The van der Waals surface area contributed by atoms with Gasteiger partial charge in [0, 0.05) is 38.4 Å². The van der Waals surface area contributed by atoms with Gasteiger partial charge in [0.25, 0.3) is 5.91 Å². The summed E-state index contributed by atoms with van der Waals surface area (Å²) in [6.07, 6.45) is -4.00. The van der Waals surface area contributed by atoms with Gasteiger partial charge in [0.05, 0.1) is 36.0 Å². The Morgan fingerprint density at radius 2 is 2.06 bits per heavy atom. The first-order valence-electron chi connectivity index (χ1n) is 9.94. The number of piperazine rings is 1. The Balaban J connectivity index is 1.41. The third kappa shape index (κ3) is 4.92. The number of nitrogens with zero attached hydrogens (tertiary/aromatic N) is 3. The van der Waals surface area contributed by atoms with Crippen LogP contribution in [-0.4, -0.2) is 73.0 Å². The van der Waals surface area contributed by atoms with Gasteiger partial charge in [-0.3, -0.25) is 14.7 Å². The lowest BCUT2D eigenvalue weighted by molar-refractivity contribution is -0.274. The zero-order chi connectivity index (χ0) is 22.9. The molecule has 0 unspecified atom stereocenters. The number of hydrogen-bond donors (Lipinski definition) is 0. The molecular weight excluding hydrogens is 451 g/mol. The highest BCUT2D eigenvalue weighted by Gasteiger charge is 2.37. The molecule has 4 rings (SSSR count). The molecule has 2 saturated heterocycles. The SMILES string of the molecule is COc1cccc(C(=O)N2CCN3C[C@@H](c4cc(OC(F)(F)F)ccn4)OC[C@@H]3C2)c1Cl. The topological polar surface area (TPSA) is 64.1 Å². The molecule has 1 amide bonds. The molecule has 11 heteroatoms. The molecular formula is C21H21ClF3N3O4. The van der Waals surface area contributed by atoms with E-state index in [2.05, 4.69) is 14.6 Å². The van der Waals surface area contributed by atoms with E-state index in [4.69, 9.17) is 21.1 Å². The first-order chi connectivity index (χ1) is 15.2. The van der Waals surface area contributed by atoms with Crippen LogP contribution in [0.5, 0.6) is 11.5 Å². The van der Waals surface area contributed by atoms with Gasteiger partial charge in [-0.1, -0.05) is 17.7 Å². The van der Waals surface area contributed by atoms with Crippen molar-refractivity contribution in [1.82, 2.24) is 14.8 Å². The van der Waals surface area contributed by atoms with Crippen molar-refractivity contribution in [2.24, 2.45) is 0 Å². The number of fused-ring (bicyclic) bond motifs is 1. The number of amides is 1. The number of halogens is 4. The summed E-state index contributed by atoms with van der Waals surface area (Å²) in [5, 5.41) is 0.273. The number of rotatable bonds is 4. The van der Waals surface area contributed by atoms with Crippen LogP contribution in [0, 0.1) is 0 Å². The maximum absolute atomic E-state index is 13.0. The highest BCUT2D eigenvalue weighted by atomic mass is 35.5. The van der Waals surface area contributed by atoms with Crippen LogP contribution in [0.4, 0.5) is 13.2 Å². The summed E-state index contributed by atoms with van der Waals surface area (Å²) in [5.41, 5.74) is 0.742. The van der Waals surface area contributed by atoms with Gasteiger partial charge in [-0.05, 0) is 18.2 Å². The summed E-state index contributed by atoms with van der Waals surface area (Å²) in [7, 11) is 1.49. The van der Waals surface area contributed by atoms with Crippen molar-refractivity contribution in [2.45, 2.75) is 18.5 Å². The average molecular weight is 472 g/mol. The third-order valence-corrected chi connectivity index (χ3v) is 5.90. The van der Waals surface area contributed by atoms with Crippen LogP contribution in [-0.2, 0) is 4.74 Å². The molecule has 0 spiro atoms. The number of ether oxygens (including phenoxy) is 3. The fourth-order valence-electron chi connectivity index (χ4n) is 3.95. The molecule has 2 aromatic rings. The van der Waals surface area contributed by atoms with Crippen molar-refractivity contribution in [1.29, 1.82) is 0 Å². The van der Waals surface area contributed by atoms with E-state index >= 15 is 0 Å². The number of aromatic nitrogens is 1. The lowest BCUT2D eigenvalue weighted by atomic mass is 10.1. The summed E-state index contributed by atoms with van der Waals surface area (Å²) in [5.74, 6) is -0.0858. The van der Waals surface area contributed by atoms with E-state index in [9.17, 15) is 18.0 Å². The van der Waals surface area contributed by atoms with Crippen molar-refractivity contribution in [3.05, 3.63) is 52.8 Å². The maximum atomic E-state index is 13.0. The number of methoxy groups -OCH3 is 1. The summed E-state index contributed by atoms with van der Waals surface area (Å²) < 4.78 is 52.5. The Kier molecular flexibility index (Phi) is 6.45. The molecule has 0 saturated carbocycles. The molecule has 1 aromatic heterocycles. The van der Waals surface area contributed by atoms with Crippen molar-refractivity contribution in [2.75, 3.05) is 39.9 Å². The Morgan fingerprint density at radius 1 is 1.25 bits per heavy atom. The fourth-order valence-corrected chi connectivity index (χ4v) is 4.24. The quantitative estimate of drug-likeness (QED) is 0.679. The van der Waals surface area contributed by atoms with E-state index in [0.29, 0.717) is 49.8 Å².